The minimum Gasteiger partial charge on any atom is -0.310 e. The Kier molecular flexibility index (Phi) is 6.06. The maximum atomic E-state index is 3.31. The molecule has 0 aliphatic heterocycles. The van der Waals surface area contributed by atoms with Crippen molar-refractivity contribution < 1.29 is 0 Å². The van der Waals surface area contributed by atoms with Crippen molar-refractivity contribution in [1.82, 2.24) is 5.32 Å². The topological polar surface area (TPSA) is 12.0 Å². The summed E-state index contributed by atoms with van der Waals surface area (Å²) < 4.78 is 0. The van der Waals surface area contributed by atoms with Crippen LogP contribution < -0.4 is 5.32 Å². The monoisotopic (exact) mass is 128 g/mol. The van der Waals surface area contributed by atoms with Gasteiger partial charge in [-0.2, -0.15) is 0 Å². The second-order valence-electron chi connectivity index (χ2n) is 2.47. The Balaban J connectivity index is 2.95. The maximum absolute atomic E-state index is 3.31. The van der Waals surface area contributed by atoms with E-state index in [2.05, 4.69) is 32.6 Å². The molecule has 0 fully saturated rings. The minimum absolute atomic E-state index is 0.662. The van der Waals surface area contributed by atoms with Crippen molar-refractivity contribution in [3.05, 3.63) is 6.54 Å². The first-order chi connectivity index (χ1) is 4.31. The molecule has 9 heavy (non-hydrogen) atoms. The number of nitrogens with one attached hydrogen (secondary N) is 1. The van der Waals surface area contributed by atoms with Crippen molar-refractivity contribution in [2.45, 2.75) is 46.1 Å². The molecule has 0 saturated carbocycles. The van der Waals surface area contributed by atoms with E-state index in [1.165, 1.54) is 12.8 Å². The normalized spacial score (nSPS) is 13.7. The first-order valence-electron chi connectivity index (χ1n) is 3.89. The molecule has 0 aliphatic carbocycles. The summed E-state index contributed by atoms with van der Waals surface area (Å²) in [5, 5.41) is 3.31. The van der Waals surface area contributed by atoms with Crippen LogP contribution in [0, 0.1) is 6.54 Å². The van der Waals surface area contributed by atoms with Gasteiger partial charge in [-0.1, -0.05) is 20.3 Å². The Labute approximate surface area is 58.8 Å². The van der Waals surface area contributed by atoms with Gasteiger partial charge in [-0.05, 0) is 19.8 Å². The molecule has 1 unspecified atom stereocenters. The van der Waals surface area contributed by atoms with Crippen LogP contribution in [0.3, 0.4) is 0 Å². The lowest BCUT2D eigenvalue weighted by Crippen LogP contribution is -2.22. The number of hydrogen-bond acceptors (Lipinski definition) is 1. The Morgan fingerprint density at radius 1 is 1.44 bits per heavy atom. The van der Waals surface area contributed by atoms with Crippen LogP contribution >= 0.6 is 0 Å². The van der Waals surface area contributed by atoms with Gasteiger partial charge in [0.2, 0.25) is 0 Å². The molecule has 0 amide bonds. The molecule has 1 N–H and O–H groups in total. The van der Waals surface area contributed by atoms with Crippen molar-refractivity contribution in [3.63, 3.8) is 0 Å². The van der Waals surface area contributed by atoms with Crippen LogP contribution in [0.15, 0.2) is 0 Å². The number of rotatable bonds is 5. The molecule has 0 saturated heterocycles. The molecule has 1 radical (unpaired) electrons. The summed E-state index contributed by atoms with van der Waals surface area (Å²) in [6.07, 6.45) is 3.66. The molecule has 1 atom stereocenters. The van der Waals surface area contributed by atoms with Gasteiger partial charge in [0.25, 0.3) is 0 Å². The van der Waals surface area contributed by atoms with E-state index in [1.54, 1.807) is 0 Å². The molecule has 0 aromatic carbocycles. The van der Waals surface area contributed by atoms with Crippen LogP contribution in [-0.4, -0.2) is 6.04 Å². The molecule has 0 bridgehead atoms. The van der Waals surface area contributed by atoms with Crippen molar-refractivity contribution >= 4 is 0 Å². The number of hydrogen-bond donors (Lipinski definition) is 1. The first kappa shape index (κ1) is 8.96. The summed E-state index contributed by atoms with van der Waals surface area (Å²) >= 11 is 0. The zero-order chi connectivity index (χ0) is 7.11. The molecule has 0 aromatic heterocycles. The highest BCUT2D eigenvalue weighted by Crippen LogP contribution is 1.95. The largest absolute Gasteiger partial charge is 0.310 e. The fourth-order valence-electron chi connectivity index (χ4n) is 0.835. The molecule has 0 aliphatic rings. The van der Waals surface area contributed by atoms with E-state index in [0.29, 0.717) is 6.04 Å². The van der Waals surface area contributed by atoms with Crippen LogP contribution in [0.2, 0.25) is 0 Å². The highest BCUT2D eigenvalue weighted by atomic mass is 14.9. The van der Waals surface area contributed by atoms with Gasteiger partial charge in [0.05, 0.1) is 0 Å². The van der Waals surface area contributed by atoms with Gasteiger partial charge in [0.1, 0.15) is 0 Å². The van der Waals surface area contributed by atoms with Crippen LogP contribution in [0.5, 0.6) is 0 Å². The summed E-state index contributed by atoms with van der Waals surface area (Å²) in [5.74, 6) is 0. The Hall–Kier alpha value is -0.0400. The van der Waals surface area contributed by atoms with Gasteiger partial charge in [-0.25, -0.2) is 0 Å². The highest BCUT2D eigenvalue weighted by Gasteiger charge is 1.95. The fourth-order valence-corrected chi connectivity index (χ4v) is 0.835. The van der Waals surface area contributed by atoms with Crippen molar-refractivity contribution in [2.75, 3.05) is 0 Å². The van der Waals surface area contributed by atoms with Gasteiger partial charge < -0.3 is 5.32 Å². The molecule has 0 rings (SSSR count). The molecular formula is C8H18N. The minimum atomic E-state index is 0.662. The molecular weight excluding hydrogens is 110 g/mol. The zero-order valence-electron chi connectivity index (χ0n) is 6.78. The van der Waals surface area contributed by atoms with E-state index in [1.807, 2.05) is 0 Å². The smallest absolute Gasteiger partial charge is 0.0221 e. The fraction of sp³-hybridized carbons (Fsp3) is 0.875. The zero-order valence-corrected chi connectivity index (χ0v) is 6.78. The lowest BCUT2D eigenvalue weighted by Gasteiger charge is -2.09. The summed E-state index contributed by atoms with van der Waals surface area (Å²) in [6.45, 7) is 8.70. The van der Waals surface area contributed by atoms with Crippen LogP contribution in [0.25, 0.3) is 0 Å². The van der Waals surface area contributed by atoms with Crippen molar-refractivity contribution in [3.8, 4) is 0 Å². The molecule has 0 aromatic rings. The standard InChI is InChI=1S/C8H18N/c1-4-6-8(3)9-7-5-2/h7-9H,4-6H2,1-3H3. The third-order valence-electron chi connectivity index (χ3n) is 1.33. The lowest BCUT2D eigenvalue weighted by molar-refractivity contribution is 0.546. The van der Waals surface area contributed by atoms with E-state index < -0.39 is 0 Å². The lowest BCUT2D eigenvalue weighted by atomic mass is 10.2. The molecule has 0 heterocycles. The molecule has 1 heteroatoms. The van der Waals surface area contributed by atoms with Gasteiger partial charge in [0, 0.05) is 12.6 Å². The third kappa shape index (κ3) is 5.84. The molecule has 55 valence electrons. The van der Waals surface area contributed by atoms with E-state index in [-0.39, 0.29) is 0 Å². The second kappa shape index (κ2) is 6.09. The first-order valence-corrected chi connectivity index (χ1v) is 3.89. The third-order valence-corrected chi connectivity index (χ3v) is 1.33. The predicted octanol–water partition coefficient (Wildman–Crippen LogP) is 2.34. The SMILES string of the molecule is CC[CH]NC(C)CCC. The Morgan fingerprint density at radius 2 is 2.11 bits per heavy atom. The predicted molar refractivity (Wildman–Crippen MR) is 42.1 cm³/mol. The van der Waals surface area contributed by atoms with Gasteiger partial charge in [-0.15, -0.1) is 0 Å². The summed E-state index contributed by atoms with van der Waals surface area (Å²) in [5.41, 5.74) is 0. The van der Waals surface area contributed by atoms with Crippen LogP contribution in [-0.2, 0) is 0 Å². The molecule has 1 nitrogen and oxygen atoms in total. The summed E-state index contributed by atoms with van der Waals surface area (Å²) in [6, 6.07) is 0.662. The van der Waals surface area contributed by atoms with E-state index in [0.717, 1.165) is 6.42 Å². The van der Waals surface area contributed by atoms with Crippen LogP contribution in [0.4, 0.5) is 0 Å². The van der Waals surface area contributed by atoms with Crippen molar-refractivity contribution in [1.29, 1.82) is 0 Å². The van der Waals surface area contributed by atoms with E-state index in [9.17, 15) is 0 Å². The Bertz CT molecular complexity index is 52.5. The molecule has 0 spiro atoms. The quantitative estimate of drug-likeness (QED) is 0.599. The van der Waals surface area contributed by atoms with E-state index >= 15 is 0 Å². The van der Waals surface area contributed by atoms with Gasteiger partial charge in [0.15, 0.2) is 0 Å². The van der Waals surface area contributed by atoms with Gasteiger partial charge >= 0.3 is 0 Å². The van der Waals surface area contributed by atoms with Gasteiger partial charge in [-0.3, -0.25) is 0 Å². The Morgan fingerprint density at radius 3 is 2.56 bits per heavy atom. The average Bonchev–Trinajstić information content (AvgIpc) is 1.85. The van der Waals surface area contributed by atoms with Crippen molar-refractivity contribution in [2.24, 2.45) is 0 Å². The average molecular weight is 128 g/mol. The summed E-state index contributed by atoms with van der Waals surface area (Å²) in [7, 11) is 0. The second-order valence-corrected chi connectivity index (χ2v) is 2.47. The maximum Gasteiger partial charge on any atom is 0.0221 e. The van der Waals surface area contributed by atoms with Crippen LogP contribution in [0.1, 0.15) is 40.0 Å². The highest BCUT2D eigenvalue weighted by molar-refractivity contribution is 4.65. The summed E-state index contributed by atoms with van der Waals surface area (Å²) in [4.78, 5) is 0. The van der Waals surface area contributed by atoms with E-state index in [4.69, 9.17) is 0 Å².